The van der Waals surface area contributed by atoms with Crippen LogP contribution in [-0.4, -0.2) is 54.2 Å². The van der Waals surface area contributed by atoms with E-state index in [1.54, 1.807) is 0 Å². The highest BCUT2D eigenvalue weighted by Gasteiger charge is 2.44. The summed E-state index contributed by atoms with van der Waals surface area (Å²) in [7, 11) is 0. The number of esters is 1. The molecule has 2 aliphatic heterocycles. The van der Waals surface area contributed by atoms with E-state index in [0.717, 1.165) is 19.5 Å². The van der Waals surface area contributed by atoms with Crippen LogP contribution in [0.2, 0.25) is 10.0 Å². The molecule has 0 bridgehead atoms. The van der Waals surface area contributed by atoms with Gasteiger partial charge < -0.3 is 4.74 Å². The lowest BCUT2D eigenvalue weighted by Gasteiger charge is -2.37. The second-order valence-electron chi connectivity index (χ2n) is 9.36. The Balaban J connectivity index is 1.39. The number of ether oxygens (including phenoxy) is 1. The number of likely N-dealkylation sites (tertiary alicyclic amines) is 1. The maximum Gasteiger partial charge on any atom is 0.338 e. The highest BCUT2D eigenvalue weighted by Crippen LogP contribution is 2.30. The summed E-state index contributed by atoms with van der Waals surface area (Å²) in [5.74, 6) is -0.712. The molecule has 7 nitrogen and oxygen atoms in total. The van der Waals surface area contributed by atoms with E-state index in [1.165, 1.54) is 47.4 Å². The highest BCUT2D eigenvalue weighted by molar-refractivity contribution is 6.36. The number of Topliss-reactive ketones (excluding diaryl/α,β-unsaturated/α-hetero) is 1. The summed E-state index contributed by atoms with van der Waals surface area (Å²) >= 11 is 11.9. The largest absolute Gasteiger partial charge is 0.454 e. The molecule has 0 saturated carbocycles. The molecular formula is C26H26Cl2N2O5. The third-order valence-corrected chi connectivity index (χ3v) is 6.94. The van der Waals surface area contributed by atoms with Crippen molar-refractivity contribution < 1.29 is 23.9 Å². The van der Waals surface area contributed by atoms with Gasteiger partial charge in [-0.25, -0.2) is 9.69 Å². The van der Waals surface area contributed by atoms with Crippen LogP contribution in [0.1, 0.15) is 47.4 Å². The van der Waals surface area contributed by atoms with Gasteiger partial charge >= 0.3 is 5.97 Å². The van der Waals surface area contributed by atoms with Gasteiger partial charge in [0.25, 0.3) is 5.91 Å². The predicted octanol–water partition coefficient (Wildman–Crippen LogP) is 4.64. The molecule has 3 unspecified atom stereocenters. The van der Waals surface area contributed by atoms with E-state index in [2.05, 4.69) is 18.7 Å². The van der Waals surface area contributed by atoms with Crippen LogP contribution in [0.3, 0.4) is 0 Å². The summed E-state index contributed by atoms with van der Waals surface area (Å²) in [4.78, 5) is 53.9. The normalized spacial score (nSPS) is 23.0. The van der Waals surface area contributed by atoms with Gasteiger partial charge in [-0.05, 0) is 60.7 Å². The first-order chi connectivity index (χ1) is 16.6. The number of carbonyl (C=O) groups excluding carboxylic acids is 4. The van der Waals surface area contributed by atoms with Crippen LogP contribution >= 0.6 is 23.2 Å². The average Bonchev–Trinajstić information content (AvgIpc) is 3.10. The molecule has 2 aromatic rings. The number of benzene rings is 2. The molecule has 2 heterocycles. The van der Waals surface area contributed by atoms with Crippen molar-refractivity contribution in [3.63, 3.8) is 0 Å². The van der Waals surface area contributed by atoms with Crippen LogP contribution < -0.4 is 4.90 Å². The maximum atomic E-state index is 13.1. The summed E-state index contributed by atoms with van der Waals surface area (Å²) < 4.78 is 5.12. The zero-order valence-corrected chi connectivity index (χ0v) is 21.0. The molecule has 184 valence electrons. The zero-order valence-electron chi connectivity index (χ0n) is 19.5. The van der Waals surface area contributed by atoms with Gasteiger partial charge in [-0.2, -0.15) is 0 Å². The molecule has 0 N–H and O–H groups in total. The minimum atomic E-state index is -0.705. The van der Waals surface area contributed by atoms with Crippen LogP contribution in [0.5, 0.6) is 0 Å². The zero-order chi connectivity index (χ0) is 25.3. The van der Waals surface area contributed by atoms with Crippen molar-refractivity contribution >= 4 is 52.5 Å². The number of rotatable bonds is 6. The van der Waals surface area contributed by atoms with E-state index < -0.39 is 24.4 Å². The Morgan fingerprint density at radius 3 is 2.29 bits per heavy atom. The summed E-state index contributed by atoms with van der Waals surface area (Å²) in [6.07, 6.45) is 1.27. The topological polar surface area (TPSA) is 84.0 Å². The fraction of sp³-hybridized carbons (Fsp3) is 0.385. The number of anilines is 1. The number of hydrogen-bond acceptors (Lipinski definition) is 6. The number of ketones is 1. The van der Waals surface area contributed by atoms with Gasteiger partial charge in [0.1, 0.15) is 0 Å². The van der Waals surface area contributed by atoms with Gasteiger partial charge in [0.15, 0.2) is 6.61 Å². The van der Waals surface area contributed by atoms with Gasteiger partial charge in [0.2, 0.25) is 11.7 Å². The summed E-state index contributed by atoms with van der Waals surface area (Å²) in [6, 6.07) is 9.99. The highest BCUT2D eigenvalue weighted by atomic mass is 35.5. The lowest BCUT2D eigenvalue weighted by Crippen LogP contribution is -2.48. The van der Waals surface area contributed by atoms with Crippen molar-refractivity contribution in [1.29, 1.82) is 0 Å². The molecule has 35 heavy (non-hydrogen) atoms. The molecule has 0 radical (unpaired) electrons. The molecule has 4 rings (SSSR count). The van der Waals surface area contributed by atoms with Gasteiger partial charge in [0.05, 0.1) is 28.7 Å². The van der Waals surface area contributed by atoms with E-state index >= 15 is 0 Å². The summed E-state index contributed by atoms with van der Waals surface area (Å²) in [5.41, 5.74) is 0.802. The lowest BCUT2D eigenvalue weighted by atomic mass is 9.90. The Hall–Kier alpha value is -2.74. The quantitative estimate of drug-likeness (QED) is 0.315. The van der Waals surface area contributed by atoms with E-state index in [-0.39, 0.29) is 34.4 Å². The number of carbonyl (C=O) groups is 4. The molecule has 2 aliphatic rings. The molecule has 9 heteroatoms. The van der Waals surface area contributed by atoms with Crippen molar-refractivity contribution in [2.45, 2.75) is 32.7 Å². The van der Waals surface area contributed by atoms with Crippen molar-refractivity contribution in [2.75, 3.05) is 24.6 Å². The summed E-state index contributed by atoms with van der Waals surface area (Å²) in [6.45, 7) is 5.44. The molecular weight excluding hydrogens is 491 g/mol. The SMILES string of the molecule is CC1CC(C)CN(C2CC(=O)N(c3ccc(C(=O)OCC(=O)c4ccc(Cl)cc4Cl)cc3)C2=O)C1. The second kappa shape index (κ2) is 10.5. The van der Waals surface area contributed by atoms with E-state index in [4.69, 9.17) is 27.9 Å². The standard InChI is InChI=1S/C26H26Cl2N2O5/c1-15-9-16(2)13-29(12-15)22-11-24(32)30(25(22)33)19-6-3-17(4-7-19)26(34)35-14-23(31)20-8-5-18(27)10-21(20)28/h3-8,10,15-16,22H,9,11-14H2,1-2H3. The third kappa shape index (κ3) is 5.58. The Kier molecular flexibility index (Phi) is 7.59. The Labute approximate surface area is 213 Å². The first kappa shape index (κ1) is 25.4. The Bertz CT molecular complexity index is 1160. The monoisotopic (exact) mass is 516 g/mol. The predicted molar refractivity (Wildman–Crippen MR) is 133 cm³/mol. The molecule has 2 aromatic carbocycles. The first-order valence-electron chi connectivity index (χ1n) is 11.5. The molecule has 2 amide bonds. The van der Waals surface area contributed by atoms with E-state index in [0.29, 0.717) is 22.5 Å². The van der Waals surface area contributed by atoms with Crippen molar-refractivity contribution in [3.8, 4) is 0 Å². The van der Waals surface area contributed by atoms with Gasteiger partial charge in [0, 0.05) is 23.7 Å². The third-order valence-electron chi connectivity index (χ3n) is 6.39. The van der Waals surface area contributed by atoms with Crippen molar-refractivity contribution in [1.82, 2.24) is 4.90 Å². The molecule has 0 aliphatic carbocycles. The smallest absolute Gasteiger partial charge is 0.338 e. The first-order valence-corrected chi connectivity index (χ1v) is 12.3. The van der Waals surface area contributed by atoms with Crippen LogP contribution in [0, 0.1) is 11.8 Å². The average molecular weight is 517 g/mol. The van der Waals surface area contributed by atoms with Crippen LogP contribution in [0.25, 0.3) is 0 Å². The number of imide groups is 1. The maximum absolute atomic E-state index is 13.1. The van der Waals surface area contributed by atoms with Crippen molar-refractivity contribution in [3.05, 3.63) is 63.6 Å². The molecule has 3 atom stereocenters. The second-order valence-corrected chi connectivity index (χ2v) is 10.2. The fourth-order valence-corrected chi connectivity index (χ4v) is 5.41. The fourth-order valence-electron chi connectivity index (χ4n) is 4.89. The summed E-state index contributed by atoms with van der Waals surface area (Å²) in [5, 5.41) is 0.569. The molecule has 2 fully saturated rings. The Morgan fingerprint density at radius 2 is 1.66 bits per heavy atom. The Morgan fingerprint density at radius 1 is 1.00 bits per heavy atom. The molecule has 0 spiro atoms. The van der Waals surface area contributed by atoms with Gasteiger partial charge in [-0.15, -0.1) is 0 Å². The van der Waals surface area contributed by atoms with E-state index in [9.17, 15) is 19.2 Å². The van der Waals surface area contributed by atoms with E-state index in [1.807, 2.05) is 0 Å². The van der Waals surface area contributed by atoms with Crippen LogP contribution in [0.15, 0.2) is 42.5 Å². The number of halogens is 2. The molecule has 2 saturated heterocycles. The lowest BCUT2D eigenvalue weighted by molar-refractivity contribution is -0.123. The number of amides is 2. The minimum absolute atomic E-state index is 0.150. The van der Waals surface area contributed by atoms with Crippen LogP contribution in [-0.2, 0) is 14.3 Å². The van der Waals surface area contributed by atoms with Crippen LogP contribution in [0.4, 0.5) is 5.69 Å². The molecule has 0 aromatic heterocycles. The van der Waals surface area contributed by atoms with Crippen molar-refractivity contribution in [2.24, 2.45) is 11.8 Å². The number of piperidine rings is 1. The number of nitrogens with zero attached hydrogens (tertiary/aromatic N) is 2. The van der Waals surface area contributed by atoms with Gasteiger partial charge in [-0.1, -0.05) is 37.0 Å². The van der Waals surface area contributed by atoms with Gasteiger partial charge in [-0.3, -0.25) is 19.3 Å². The number of hydrogen-bond donors (Lipinski definition) is 0. The minimum Gasteiger partial charge on any atom is -0.454 e.